The molecule has 0 radical (unpaired) electrons. The summed E-state index contributed by atoms with van der Waals surface area (Å²) in [6, 6.07) is 0.224. The number of hydrogen-bond donors (Lipinski definition) is 2. The van der Waals surface area contributed by atoms with Crippen molar-refractivity contribution in [2.24, 2.45) is 13.0 Å². The summed E-state index contributed by atoms with van der Waals surface area (Å²) < 4.78 is 1.64. The van der Waals surface area contributed by atoms with Gasteiger partial charge in [-0.3, -0.25) is 9.48 Å². The number of carbonyl (C=O) groups excluding carboxylic acids is 1. The molecule has 1 aromatic rings. The van der Waals surface area contributed by atoms with Crippen molar-refractivity contribution in [3.8, 4) is 0 Å². The molecule has 2 unspecified atom stereocenters. The topological polar surface area (TPSA) is 58.9 Å². The second-order valence-electron chi connectivity index (χ2n) is 4.45. The average Bonchev–Trinajstić information content (AvgIpc) is 2.68. The molecule has 96 valence electrons. The van der Waals surface area contributed by atoms with E-state index in [9.17, 15) is 4.79 Å². The van der Waals surface area contributed by atoms with Crippen molar-refractivity contribution in [2.45, 2.75) is 19.4 Å². The van der Waals surface area contributed by atoms with E-state index in [4.69, 9.17) is 0 Å². The average molecular weight is 259 g/mol. The molecule has 0 aromatic carbocycles. The SMILES string of the molecule is CC1CCNCC1NC(=O)c1cnn(C)c1.Cl. The van der Waals surface area contributed by atoms with Crippen LogP contribution in [0, 0.1) is 5.92 Å². The van der Waals surface area contributed by atoms with Crippen LogP contribution in [0.5, 0.6) is 0 Å². The molecule has 0 saturated carbocycles. The maximum absolute atomic E-state index is 11.9. The number of aromatic nitrogens is 2. The lowest BCUT2D eigenvalue weighted by Crippen LogP contribution is -2.50. The fourth-order valence-corrected chi connectivity index (χ4v) is 1.97. The van der Waals surface area contributed by atoms with Gasteiger partial charge in [0.15, 0.2) is 0 Å². The molecule has 5 nitrogen and oxygen atoms in total. The first-order valence-electron chi connectivity index (χ1n) is 5.67. The van der Waals surface area contributed by atoms with Gasteiger partial charge in [0, 0.05) is 25.8 Å². The number of piperidine rings is 1. The van der Waals surface area contributed by atoms with Gasteiger partial charge in [0.1, 0.15) is 0 Å². The van der Waals surface area contributed by atoms with Gasteiger partial charge in [0.2, 0.25) is 0 Å². The molecule has 2 atom stereocenters. The van der Waals surface area contributed by atoms with E-state index in [1.807, 2.05) is 7.05 Å². The highest BCUT2D eigenvalue weighted by Gasteiger charge is 2.23. The van der Waals surface area contributed by atoms with Crippen LogP contribution in [0.25, 0.3) is 0 Å². The molecule has 1 aromatic heterocycles. The predicted molar refractivity (Wildman–Crippen MR) is 68.4 cm³/mol. The molecule has 6 heteroatoms. The Bertz CT molecular complexity index is 379. The zero-order chi connectivity index (χ0) is 11.5. The molecule has 2 rings (SSSR count). The van der Waals surface area contributed by atoms with Gasteiger partial charge in [0.05, 0.1) is 11.8 Å². The van der Waals surface area contributed by atoms with Gasteiger partial charge in [-0.1, -0.05) is 6.92 Å². The molecule has 0 bridgehead atoms. The van der Waals surface area contributed by atoms with E-state index in [1.165, 1.54) is 0 Å². The number of aryl methyl sites for hydroxylation is 1. The highest BCUT2D eigenvalue weighted by Crippen LogP contribution is 2.11. The maximum atomic E-state index is 11.9. The molecule has 1 aliphatic heterocycles. The largest absolute Gasteiger partial charge is 0.348 e. The van der Waals surface area contributed by atoms with Gasteiger partial charge in [-0.05, 0) is 18.9 Å². The van der Waals surface area contributed by atoms with Gasteiger partial charge in [-0.15, -0.1) is 12.4 Å². The van der Waals surface area contributed by atoms with Crippen LogP contribution in [0.3, 0.4) is 0 Å². The van der Waals surface area contributed by atoms with Crippen LogP contribution < -0.4 is 10.6 Å². The number of nitrogens with zero attached hydrogens (tertiary/aromatic N) is 2. The summed E-state index contributed by atoms with van der Waals surface area (Å²) >= 11 is 0. The lowest BCUT2D eigenvalue weighted by Gasteiger charge is -2.30. The zero-order valence-corrected chi connectivity index (χ0v) is 11.0. The van der Waals surface area contributed by atoms with Crippen molar-refractivity contribution in [3.05, 3.63) is 18.0 Å². The third-order valence-corrected chi connectivity index (χ3v) is 3.11. The van der Waals surface area contributed by atoms with Crippen LogP contribution >= 0.6 is 12.4 Å². The highest BCUT2D eigenvalue weighted by atomic mass is 35.5. The summed E-state index contributed by atoms with van der Waals surface area (Å²) in [5.74, 6) is 0.496. The lowest BCUT2D eigenvalue weighted by molar-refractivity contribution is 0.0915. The van der Waals surface area contributed by atoms with Gasteiger partial charge in [0.25, 0.3) is 5.91 Å². The van der Waals surface area contributed by atoms with E-state index in [0.29, 0.717) is 11.5 Å². The molecule has 1 saturated heterocycles. The second kappa shape index (κ2) is 6.02. The third kappa shape index (κ3) is 3.44. The maximum Gasteiger partial charge on any atom is 0.254 e. The van der Waals surface area contributed by atoms with Crippen molar-refractivity contribution in [3.63, 3.8) is 0 Å². The zero-order valence-electron chi connectivity index (χ0n) is 10.1. The minimum absolute atomic E-state index is 0. The van der Waals surface area contributed by atoms with E-state index in [-0.39, 0.29) is 24.4 Å². The minimum atomic E-state index is -0.0337. The lowest BCUT2D eigenvalue weighted by atomic mass is 9.94. The molecular weight excluding hydrogens is 240 g/mol. The fourth-order valence-electron chi connectivity index (χ4n) is 1.97. The summed E-state index contributed by atoms with van der Waals surface area (Å²) in [6.45, 7) is 4.07. The standard InChI is InChI=1S/C11H18N4O.ClH/c1-8-3-4-12-6-10(8)14-11(16)9-5-13-15(2)7-9;/h5,7-8,10,12H,3-4,6H2,1-2H3,(H,14,16);1H. The van der Waals surface area contributed by atoms with Crippen molar-refractivity contribution in [1.29, 1.82) is 0 Å². The van der Waals surface area contributed by atoms with Crippen molar-refractivity contribution >= 4 is 18.3 Å². The number of rotatable bonds is 2. The van der Waals surface area contributed by atoms with E-state index in [1.54, 1.807) is 17.1 Å². The number of amides is 1. The molecule has 1 fully saturated rings. The summed E-state index contributed by atoms with van der Waals surface area (Å²) in [5, 5.41) is 10.3. The van der Waals surface area contributed by atoms with Crippen LogP contribution in [0.1, 0.15) is 23.7 Å². The van der Waals surface area contributed by atoms with Crippen LogP contribution in [-0.2, 0) is 7.05 Å². The molecule has 1 aliphatic rings. The van der Waals surface area contributed by atoms with Crippen LogP contribution in [-0.4, -0.2) is 34.8 Å². The number of hydrogen-bond acceptors (Lipinski definition) is 3. The Kier molecular flexibility index (Phi) is 4.96. The molecule has 2 heterocycles. The van der Waals surface area contributed by atoms with Crippen molar-refractivity contribution in [1.82, 2.24) is 20.4 Å². The highest BCUT2D eigenvalue weighted by molar-refractivity contribution is 5.93. The normalized spacial score (nSPS) is 23.9. The Morgan fingerprint density at radius 3 is 3.00 bits per heavy atom. The van der Waals surface area contributed by atoms with Crippen LogP contribution in [0.4, 0.5) is 0 Å². The van der Waals surface area contributed by atoms with Crippen LogP contribution in [0.2, 0.25) is 0 Å². The molecule has 17 heavy (non-hydrogen) atoms. The number of nitrogens with one attached hydrogen (secondary N) is 2. The first-order chi connectivity index (χ1) is 7.66. The fraction of sp³-hybridized carbons (Fsp3) is 0.636. The first-order valence-corrected chi connectivity index (χ1v) is 5.67. The smallest absolute Gasteiger partial charge is 0.254 e. The van der Waals surface area contributed by atoms with E-state index >= 15 is 0 Å². The predicted octanol–water partition coefficient (Wildman–Crippen LogP) is 0.570. The molecule has 1 amide bonds. The number of halogens is 1. The minimum Gasteiger partial charge on any atom is -0.348 e. The van der Waals surface area contributed by atoms with Crippen molar-refractivity contribution < 1.29 is 4.79 Å². The molecular formula is C11H19ClN4O. The summed E-state index contributed by atoms with van der Waals surface area (Å²) in [6.07, 6.45) is 4.44. The Balaban J connectivity index is 0.00000144. The van der Waals surface area contributed by atoms with Gasteiger partial charge >= 0.3 is 0 Å². The summed E-state index contributed by atoms with van der Waals surface area (Å²) in [4.78, 5) is 11.9. The first kappa shape index (κ1) is 14.0. The quantitative estimate of drug-likeness (QED) is 0.816. The van der Waals surface area contributed by atoms with Gasteiger partial charge in [-0.2, -0.15) is 5.10 Å². The Hall–Kier alpha value is -1.07. The third-order valence-electron chi connectivity index (χ3n) is 3.11. The Morgan fingerprint density at radius 2 is 2.41 bits per heavy atom. The Morgan fingerprint density at radius 1 is 1.65 bits per heavy atom. The number of carbonyl (C=O) groups is 1. The second-order valence-corrected chi connectivity index (χ2v) is 4.45. The molecule has 2 N–H and O–H groups in total. The monoisotopic (exact) mass is 258 g/mol. The summed E-state index contributed by atoms with van der Waals surface area (Å²) in [7, 11) is 1.81. The van der Waals surface area contributed by atoms with Gasteiger partial charge < -0.3 is 10.6 Å². The van der Waals surface area contributed by atoms with E-state index in [2.05, 4.69) is 22.7 Å². The van der Waals surface area contributed by atoms with Crippen LogP contribution in [0.15, 0.2) is 12.4 Å². The molecule has 0 spiro atoms. The Labute approximate surface area is 107 Å². The summed E-state index contributed by atoms with van der Waals surface area (Å²) in [5.41, 5.74) is 0.625. The molecule has 0 aliphatic carbocycles. The van der Waals surface area contributed by atoms with E-state index in [0.717, 1.165) is 19.5 Å². The van der Waals surface area contributed by atoms with Gasteiger partial charge in [-0.25, -0.2) is 0 Å². The van der Waals surface area contributed by atoms with E-state index < -0.39 is 0 Å². The van der Waals surface area contributed by atoms with Crippen molar-refractivity contribution in [2.75, 3.05) is 13.1 Å².